The van der Waals surface area contributed by atoms with Crippen molar-refractivity contribution in [1.82, 2.24) is 24.1 Å². The third-order valence-corrected chi connectivity index (χ3v) is 4.40. The Morgan fingerprint density at radius 2 is 2.19 bits per heavy atom. The minimum Gasteiger partial charge on any atom is -0.283 e. The number of rotatable bonds is 4. The van der Waals surface area contributed by atoms with Gasteiger partial charge in [0.15, 0.2) is 0 Å². The van der Waals surface area contributed by atoms with Gasteiger partial charge in [-0.05, 0) is 61.6 Å². The molecule has 0 atom stereocenters. The summed E-state index contributed by atoms with van der Waals surface area (Å²) >= 11 is 7.24. The van der Waals surface area contributed by atoms with Crippen LogP contribution in [0.1, 0.15) is 17.0 Å². The van der Waals surface area contributed by atoms with Crippen LogP contribution in [-0.2, 0) is 13.2 Å². The number of aromatic nitrogens is 4. The minimum absolute atomic E-state index is 0.649. The van der Waals surface area contributed by atoms with Crippen LogP contribution in [-0.4, -0.2) is 31.1 Å². The quantitative estimate of drug-likeness (QED) is 0.693. The fourth-order valence-electron chi connectivity index (χ4n) is 2.40. The molecule has 7 heteroatoms. The Labute approximate surface area is 132 Å². The molecule has 3 heterocycles. The molecule has 0 aromatic carbocycles. The smallest absolute Gasteiger partial charge is 0.254 e. The predicted octanol–water partition coefficient (Wildman–Crippen LogP) is 3.03. The predicted molar refractivity (Wildman–Crippen MR) is 87.1 cm³/mol. The van der Waals surface area contributed by atoms with E-state index in [2.05, 4.69) is 38.9 Å². The van der Waals surface area contributed by atoms with Gasteiger partial charge in [-0.1, -0.05) is 0 Å². The lowest BCUT2D eigenvalue weighted by molar-refractivity contribution is 0.245. The average Bonchev–Trinajstić information content (AvgIpc) is 2.98. The molecule has 3 aromatic heterocycles. The molecule has 0 amide bonds. The SMILES string of the molecule is Cc1cc(C)n2c(=S)n(CN(C)Cc3ccsc3)nc2n1. The molecular weight excluding hydrogens is 302 g/mol. The Balaban J connectivity index is 1.89. The van der Waals surface area contributed by atoms with Gasteiger partial charge in [0.05, 0.1) is 6.67 Å². The maximum Gasteiger partial charge on any atom is 0.254 e. The first-order valence-corrected chi connectivity index (χ1v) is 8.03. The second-order valence-corrected chi connectivity index (χ2v) is 6.39. The van der Waals surface area contributed by atoms with Gasteiger partial charge in [0.2, 0.25) is 4.77 Å². The first-order valence-electron chi connectivity index (χ1n) is 6.68. The molecule has 110 valence electrons. The van der Waals surface area contributed by atoms with Crippen molar-refractivity contribution in [2.45, 2.75) is 27.1 Å². The van der Waals surface area contributed by atoms with E-state index in [-0.39, 0.29) is 0 Å². The van der Waals surface area contributed by atoms with E-state index in [1.165, 1.54) is 5.56 Å². The van der Waals surface area contributed by atoms with Gasteiger partial charge in [-0.2, -0.15) is 11.3 Å². The topological polar surface area (TPSA) is 38.4 Å². The molecule has 0 N–H and O–H groups in total. The summed E-state index contributed by atoms with van der Waals surface area (Å²) in [5, 5.41) is 8.78. The van der Waals surface area contributed by atoms with Crippen molar-refractivity contribution in [2.75, 3.05) is 7.05 Å². The number of fused-ring (bicyclic) bond motifs is 1. The van der Waals surface area contributed by atoms with E-state index >= 15 is 0 Å². The zero-order chi connectivity index (χ0) is 15.0. The number of hydrogen-bond acceptors (Lipinski definition) is 5. The monoisotopic (exact) mass is 319 g/mol. The van der Waals surface area contributed by atoms with Gasteiger partial charge >= 0.3 is 0 Å². The summed E-state index contributed by atoms with van der Waals surface area (Å²) in [6.07, 6.45) is 0. The second kappa shape index (κ2) is 5.67. The molecule has 0 aliphatic heterocycles. The third-order valence-electron chi connectivity index (χ3n) is 3.28. The number of thiophene rings is 1. The van der Waals surface area contributed by atoms with E-state index in [0.717, 1.165) is 17.9 Å². The van der Waals surface area contributed by atoms with Gasteiger partial charge in [0.25, 0.3) is 5.78 Å². The largest absolute Gasteiger partial charge is 0.283 e. The number of nitrogens with zero attached hydrogens (tertiary/aromatic N) is 5. The molecule has 0 radical (unpaired) electrons. The Hall–Kier alpha value is -1.57. The minimum atomic E-state index is 0.649. The van der Waals surface area contributed by atoms with Gasteiger partial charge in [0.1, 0.15) is 0 Å². The fraction of sp³-hybridized carbons (Fsp3) is 0.357. The van der Waals surface area contributed by atoms with Gasteiger partial charge in [-0.25, -0.2) is 9.67 Å². The van der Waals surface area contributed by atoms with Crippen molar-refractivity contribution in [3.05, 3.63) is 44.6 Å². The normalized spacial score (nSPS) is 11.6. The van der Waals surface area contributed by atoms with E-state index in [4.69, 9.17) is 12.2 Å². The molecule has 3 rings (SSSR count). The maximum atomic E-state index is 5.52. The molecule has 0 unspecified atom stereocenters. The second-order valence-electron chi connectivity index (χ2n) is 5.24. The first kappa shape index (κ1) is 14.4. The van der Waals surface area contributed by atoms with Crippen LogP contribution in [0, 0.1) is 18.6 Å². The molecule has 0 saturated heterocycles. The molecule has 3 aromatic rings. The van der Waals surface area contributed by atoms with Crippen LogP contribution >= 0.6 is 23.6 Å². The molecule has 21 heavy (non-hydrogen) atoms. The van der Waals surface area contributed by atoms with Crippen LogP contribution in [0.2, 0.25) is 0 Å². The molecule has 0 aliphatic rings. The maximum absolute atomic E-state index is 5.52. The highest BCUT2D eigenvalue weighted by Crippen LogP contribution is 2.11. The third kappa shape index (κ3) is 2.90. The summed E-state index contributed by atoms with van der Waals surface area (Å²) in [5.41, 5.74) is 3.33. The lowest BCUT2D eigenvalue weighted by Gasteiger charge is -2.15. The molecule has 0 spiro atoms. The number of hydrogen-bond donors (Lipinski definition) is 0. The van der Waals surface area contributed by atoms with Gasteiger partial charge in [0, 0.05) is 17.9 Å². The van der Waals surface area contributed by atoms with E-state index in [1.54, 1.807) is 11.3 Å². The zero-order valence-corrected chi connectivity index (χ0v) is 13.9. The summed E-state index contributed by atoms with van der Waals surface area (Å²) < 4.78 is 4.43. The van der Waals surface area contributed by atoms with Crippen LogP contribution < -0.4 is 0 Å². The highest BCUT2D eigenvalue weighted by molar-refractivity contribution is 7.71. The molecule has 0 aliphatic carbocycles. The molecular formula is C14H17N5S2. The van der Waals surface area contributed by atoms with Gasteiger partial charge in [-0.15, -0.1) is 5.10 Å². The Morgan fingerprint density at radius 1 is 1.38 bits per heavy atom. The summed E-state index contributed by atoms with van der Waals surface area (Å²) in [6.45, 7) is 5.53. The summed E-state index contributed by atoms with van der Waals surface area (Å²) in [5.74, 6) is 0.668. The Morgan fingerprint density at radius 3 is 2.90 bits per heavy atom. The van der Waals surface area contributed by atoms with Crippen LogP contribution in [0.15, 0.2) is 22.9 Å². The van der Waals surface area contributed by atoms with E-state index < -0.39 is 0 Å². The van der Waals surface area contributed by atoms with Crippen LogP contribution in [0.25, 0.3) is 5.78 Å². The Kier molecular flexibility index (Phi) is 3.88. The van der Waals surface area contributed by atoms with Crippen LogP contribution in [0.5, 0.6) is 0 Å². The van der Waals surface area contributed by atoms with E-state index in [1.807, 2.05) is 29.0 Å². The zero-order valence-electron chi connectivity index (χ0n) is 12.3. The molecule has 0 bridgehead atoms. The van der Waals surface area contributed by atoms with Gasteiger partial charge in [-0.3, -0.25) is 9.30 Å². The van der Waals surface area contributed by atoms with Crippen molar-refractivity contribution >= 4 is 29.3 Å². The van der Waals surface area contributed by atoms with E-state index in [0.29, 0.717) is 17.2 Å². The lowest BCUT2D eigenvalue weighted by Crippen LogP contribution is -2.22. The highest BCUT2D eigenvalue weighted by atomic mass is 32.1. The lowest BCUT2D eigenvalue weighted by atomic mass is 10.3. The van der Waals surface area contributed by atoms with Crippen molar-refractivity contribution in [3.63, 3.8) is 0 Å². The van der Waals surface area contributed by atoms with Crippen molar-refractivity contribution in [3.8, 4) is 0 Å². The summed E-state index contributed by atoms with van der Waals surface area (Å²) in [4.78, 5) is 6.64. The highest BCUT2D eigenvalue weighted by Gasteiger charge is 2.10. The average molecular weight is 319 g/mol. The Bertz CT molecular complexity index is 816. The fourth-order valence-corrected chi connectivity index (χ4v) is 3.38. The van der Waals surface area contributed by atoms with E-state index in [9.17, 15) is 0 Å². The van der Waals surface area contributed by atoms with Crippen molar-refractivity contribution < 1.29 is 0 Å². The molecule has 0 saturated carbocycles. The molecule has 0 fully saturated rings. The van der Waals surface area contributed by atoms with Crippen LogP contribution in [0.4, 0.5) is 0 Å². The molecule has 5 nitrogen and oxygen atoms in total. The first-order chi connectivity index (χ1) is 10.0. The number of aryl methyl sites for hydroxylation is 2. The summed E-state index contributed by atoms with van der Waals surface area (Å²) in [7, 11) is 2.06. The standard InChI is InChI=1S/C14H17N5S2/c1-10-6-11(2)19-13(15-10)16-18(14(19)20)9-17(3)7-12-4-5-21-8-12/h4-6,8H,7,9H2,1-3H3. The summed E-state index contributed by atoms with van der Waals surface area (Å²) in [6, 6.07) is 4.16. The van der Waals surface area contributed by atoms with Crippen molar-refractivity contribution in [1.29, 1.82) is 0 Å². The van der Waals surface area contributed by atoms with Gasteiger partial charge < -0.3 is 0 Å². The van der Waals surface area contributed by atoms with Crippen molar-refractivity contribution in [2.24, 2.45) is 0 Å². The van der Waals surface area contributed by atoms with Crippen LogP contribution in [0.3, 0.4) is 0 Å².